The molecule has 0 rings (SSSR count). The van der Waals surface area contributed by atoms with Crippen LogP contribution in [0.4, 0.5) is 0 Å². The van der Waals surface area contributed by atoms with Crippen LogP contribution in [0.1, 0.15) is 0 Å². The Balaban J connectivity index is 0. The second kappa shape index (κ2) is 6.01. The van der Waals surface area contributed by atoms with Crippen molar-refractivity contribution in [3.63, 3.8) is 0 Å². The molecule has 5 heteroatoms. The first-order chi connectivity index (χ1) is 4.24. The fraction of sp³-hybridized carbons (Fsp3) is 0.800. The largest absolute Gasteiger partial charge is 0.361 e. The summed E-state index contributed by atoms with van der Waals surface area (Å²) in [5, 5.41) is 34.2. The molecule has 0 aliphatic heterocycles. The van der Waals surface area contributed by atoms with Crippen molar-refractivity contribution in [2.24, 2.45) is 0 Å². The highest BCUT2D eigenvalue weighted by Gasteiger charge is 2.34. The highest BCUT2D eigenvalue weighted by Crippen LogP contribution is 2.54. The van der Waals surface area contributed by atoms with Crippen molar-refractivity contribution in [3.8, 4) is 0 Å². The minimum Gasteiger partial charge on any atom is -0.361 e. The lowest BCUT2D eigenvalue weighted by atomic mass is 11.6. The van der Waals surface area contributed by atoms with E-state index in [1.165, 1.54) is 0 Å². The van der Waals surface area contributed by atoms with Gasteiger partial charge in [-0.2, -0.15) is 0 Å². The Morgan fingerprint density at radius 2 is 0.900 bits per heavy atom. The van der Waals surface area contributed by atoms with Gasteiger partial charge in [-0.05, 0) is 0 Å². The SMILES string of the molecule is OC[P+](CO)(CO)CO.[CH3-]. The van der Waals surface area contributed by atoms with E-state index >= 15 is 0 Å². The van der Waals surface area contributed by atoms with Gasteiger partial charge < -0.3 is 27.9 Å². The average molecular weight is 170 g/mol. The van der Waals surface area contributed by atoms with Crippen LogP contribution in [-0.2, 0) is 0 Å². The Morgan fingerprint density at radius 1 is 0.700 bits per heavy atom. The molecule has 0 amide bonds. The van der Waals surface area contributed by atoms with Gasteiger partial charge in [-0.3, -0.25) is 0 Å². The zero-order valence-electron chi connectivity index (χ0n) is 6.06. The number of hydrogen-bond donors (Lipinski definition) is 4. The van der Waals surface area contributed by atoms with Gasteiger partial charge in [0.15, 0.2) is 25.4 Å². The standard InChI is InChI=1S/C4H12O4P.CH3/c5-1-9(2-6,3-7)4-8;/h5-8H,1-4H2;1H3/q+1;-1. The highest BCUT2D eigenvalue weighted by molar-refractivity contribution is 7.75. The highest BCUT2D eigenvalue weighted by atomic mass is 31.2. The Hall–Kier alpha value is 0.270. The van der Waals surface area contributed by atoms with E-state index in [-0.39, 0.29) is 32.8 Å². The first-order valence-electron chi connectivity index (χ1n) is 2.53. The zero-order valence-corrected chi connectivity index (χ0v) is 6.96. The molecule has 64 valence electrons. The Kier molecular flexibility index (Phi) is 7.76. The van der Waals surface area contributed by atoms with E-state index in [9.17, 15) is 0 Å². The van der Waals surface area contributed by atoms with Gasteiger partial charge >= 0.3 is 0 Å². The van der Waals surface area contributed by atoms with Crippen LogP contribution < -0.4 is 0 Å². The number of aliphatic hydroxyl groups is 4. The predicted molar refractivity (Wildman–Crippen MR) is 41.7 cm³/mol. The van der Waals surface area contributed by atoms with Crippen molar-refractivity contribution in [2.45, 2.75) is 0 Å². The van der Waals surface area contributed by atoms with E-state index in [4.69, 9.17) is 20.4 Å². The fourth-order valence-corrected chi connectivity index (χ4v) is 0.805. The maximum atomic E-state index is 8.55. The summed E-state index contributed by atoms with van der Waals surface area (Å²) >= 11 is 0. The molecule has 10 heavy (non-hydrogen) atoms. The molecule has 0 unspecified atom stereocenters. The van der Waals surface area contributed by atoms with Crippen molar-refractivity contribution in [2.75, 3.05) is 25.4 Å². The summed E-state index contributed by atoms with van der Waals surface area (Å²) < 4.78 is 0. The Bertz CT molecular complexity index is 56.5. The smallest absolute Gasteiger partial charge is 0.161 e. The molecule has 0 aromatic heterocycles. The van der Waals surface area contributed by atoms with Gasteiger partial charge in [-0.15, -0.1) is 0 Å². The molecule has 4 N–H and O–H groups in total. The number of hydrogen-bond acceptors (Lipinski definition) is 4. The number of aliphatic hydroxyl groups excluding tert-OH is 4. The molecular formula is C5H15O4P. The van der Waals surface area contributed by atoms with E-state index in [2.05, 4.69) is 0 Å². The van der Waals surface area contributed by atoms with E-state index in [1.54, 1.807) is 0 Å². The van der Waals surface area contributed by atoms with Gasteiger partial charge in [-0.1, -0.05) is 0 Å². The molecule has 0 atom stereocenters. The number of rotatable bonds is 4. The molecule has 0 fully saturated rings. The minimum absolute atomic E-state index is 0. The maximum Gasteiger partial charge on any atom is 0.161 e. The first-order valence-corrected chi connectivity index (χ1v) is 5.06. The van der Waals surface area contributed by atoms with Gasteiger partial charge in [0, 0.05) is 0 Å². The second-order valence-corrected chi connectivity index (χ2v) is 5.72. The van der Waals surface area contributed by atoms with Crippen LogP contribution in [0.3, 0.4) is 0 Å². The summed E-state index contributed by atoms with van der Waals surface area (Å²) in [4.78, 5) is 0. The van der Waals surface area contributed by atoms with Crippen LogP contribution in [0.2, 0.25) is 0 Å². The second-order valence-electron chi connectivity index (χ2n) is 1.91. The van der Waals surface area contributed by atoms with Gasteiger partial charge in [-0.25, -0.2) is 0 Å². The Morgan fingerprint density at radius 3 is 0.900 bits per heavy atom. The molecule has 0 aromatic carbocycles. The lowest BCUT2D eigenvalue weighted by Crippen LogP contribution is -2.10. The summed E-state index contributed by atoms with van der Waals surface area (Å²) in [7, 11) is -2.20. The van der Waals surface area contributed by atoms with E-state index in [1.807, 2.05) is 0 Å². The molecule has 0 aliphatic carbocycles. The molecular weight excluding hydrogens is 155 g/mol. The van der Waals surface area contributed by atoms with Gasteiger partial charge in [0.2, 0.25) is 0 Å². The maximum absolute atomic E-state index is 8.55. The van der Waals surface area contributed by atoms with Crippen LogP contribution in [0.5, 0.6) is 0 Å². The first kappa shape index (κ1) is 12.9. The van der Waals surface area contributed by atoms with Crippen LogP contribution in [0.15, 0.2) is 0 Å². The van der Waals surface area contributed by atoms with Gasteiger partial charge in [0.05, 0.1) is 0 Å². The third-order valence-electron chi connectivity index (χ3n) is 1.20. The van der Waals surface area contributed by atoms with Crippen molar-refractivity contribution in [3.05, 3.63) is 7.43 Å². The van der Waals surface area contributed by atoms with Crippen LogP contribution in [0.25, 0.3) is 0 Å². The van der Waals surface area contributed by atoms with E-state index < -0.39 is 7.26 Å². The molecule has 0 saturated carbocycles. The molecule has 0 spiro atoms. The third kappa shape index (κ3) is 2.90. The molecule has 0 saturated heterocycles. The summed E-state index contributed by atoms with van der Waals surface area (Å²) in [6.07, 6.45) is -1.18. The third-order valence-corrected chi connectivity index (χ3v) is 3.60. The summed E-state index contributed by atoms with van der Waals surface area (Å²) in [6, 6.07) is 0. The van der Waals surface area contributed by atoms with Gasteiger partial charge in [0.25, 0.3) is 0 Å². The Labute approximate surface area is 61.5 Å². The predicted octanol–water partition coefficient (Wildman–Crippen LogP) is -0.747. The molecule has 0 aromatic rings. The lowest BCUT2D eigenvalue weighted by Gasteiger charge is -2.15. The fourth-order valence-electron chi connectivity index (χ4n) is 0.268. The monoisotopic (exact) mass is 170 g/mol. The van der Waals surface area contributed by atoms with E-state index in [0.29, 0.717) is 0 Å². The van der Waals surface area contributed by atoms with Gasteiger partial charge in [0.1, 0.15) is 7.26 Å². The van der Waals surface area contributed by atoms with Crippen LogP contribution in [0, 0.1) is 7.43 Å². The summed E-state index contributed by atoms with van der Waals surface area (Å²) in [5.41, 5.74) is 0. The average Bonchev–Trinajstić information content (AvgIpc) is 1.95. The topological polar surface area (TPSA) is 80.9 Å². The molecule has 0 aliphatic rings. The zero-order chi connectivity index (χ0) is 7.33. The normalized spacial score (nSPS) is 10.8. The van der Waals surface area contributed by atoms with Crippen molar-refractivity contribution < 1.29 is 20.4 Å². The van der Waals surface area contributed by atoms with Crippen molar-refractivity contribution >= 4 is 7.26 Å². The lowest BCUT2D eigenvalue weighted by molar-refractivity contribution is 0.288. The quantitative estimate of drug-likeness (QED) is 0.330. The van der Waals surface area contributed by atoms with E-state index in [0.717, 1.165) is 0 Å². The summed E-state index contributed by atoms with van der Waals surface area (Å²) in [5.74, 6) is 0. The molecule has 0 bridgehead atoms. The molecule has 4 nitrogen and oxygen atoms in total. The minimum atomic E-state index is -2.20. The summed E-state index contributed by atoms with van der Waals surface area (Å²) in [6.45, 7) is 0. The molecule has 0 radical (unpaired) electrons. The van der Waals surface area contributed by atoms with Crippen LogP contribution in [-0.4, -0.2) is 45.8 Å². The van der Waals surface area contributed by atoms with Crippen LogP contribution >= 0.6 is 7.26 Å². The van der Waals surface area contributed by atoms with Crippen molar-refractivity contribution in [1.82, 2.24) is 0 Å². The molecule has 0 heterocycles. The van der Waals surface area contributed by atoms with Crippen molar-refractivity contribution in [1.29, 1.82) is 0 Å².